The molecule has 0 N–H and O–H groups in total. The lowest BCUT2D eigenvalue weighted by Gasteiger charge is -2.10. The van der Waals surface area contributed by atoms with E-state index in [4.69, 9.17) is 5.26 Å². The fraction of sp³-hybridized carbons (Fsp3) is 0.429. The summed E-state index contributed by atoms with van der Waals surface area (Å²) < 4.78 is 0. The van der Waals surface area contributed by atoms with Crippen LogP contribution in [0.5, 0.6) is 0 Å². The third-order valence-electron chi connectivity index (χ3n) is 2.52. The summed E-state index contributed by atoms with van der Waals surface area (Å²) in [6.45, 7) is 6.02. The minimum absolute atomic E-state index is 0.0591. The van der Waals surface area contributed by atoms with Crippen LogP contribution < -0.4 is 0 Å². The Morgan fingerprint density at radius 3 is 2.31 bits per heavy atom. The van der Waals surface area contributed by atoms with Crippen LogP contribution in [0.1, 0.15) is 36.2 Å². The number of aryl methyl sites for hydroxylation is 1. The second-order valence-corrected chi connectivity index (χ2v) is 4.54. The molecule has 16 heavy (non-hydrogen) atoms. The number of ketones is 1. The first-order chi connectivity index (χ1) is 7.54. The second kappa shape index (κ2) is 5.46. The fourth-order valence-corrected chi connectivity index (χ4v) is 1.61. The normalized spacial score (nSPS) is 12.2. The van der Waals surface area contributed by atoms with Gasteiger partial charge in [0.05, 0.1) is 6.07 Å². The van der Waals surface area contributed by atoms with Crippen LogP contribution in [0, 0.1) is 30.1 Å². The summed E-state index contributed by atoms with van der Waals surface area (Å²) in [7, 11) is 0. The molecule has 0 bridgehead atoms. The van der Waals surface area contributed by atoms with E-state index in [0.717, 1.165) is 5.56 Å². The molecule has 0 amide bonds. The summed E-state index contributed by atoms with van der Waals surface area (Å²) in [5.41, 5.74) is 1.76. The van der Waals surface area contributed by atoms with Crippen LogP contribution in [0.25, 0.3) is 0 Å². The highest BCUT2D eigenvalue weighted by atomic mass is 16.1. The van der Waals surface area contributed by atoms with Crippen LogP contribution in [0.3, 0.4) is 0 Å². The molecule has 0 fully saturated rings. The molecule has 0 heterocycles. The van der Waals surface area contributed by atoms with E-state index < -0.39 is 5.92 Å². The number of hydrogen-bond donors (Lipinski definition) is 0. The molecule has 84 valence electrons. The second-order valence-electron chi connectivity index (χ2n) is 4.54. The maximum atomic E-state index is 12.0. The van der Waals surface area contributed by atoms with Crippen molar-refractivity contribution in [2.45, 2.75) is 27.2 Å². The Bertz CT molecular complexity index is 398. The lowest BCUT2D eigenvalue weighted by Crippen LogP contribution is -2.15. The first-order valence-corrected chi connectivity index (χ1v) is 5.55. The predicted octanol–water partition coefficient (Wildman–Crippen LogP) is 3.36. The number of hydrogen-bond acceptors (Lipinski definition) is 2. The molecule has 1 rings (SSSR count). The van der Waals surface area contributed by atoms with E-state index in [1.807, 2.05) is 32.9 Å². The lowest BCUT2D eigenvalue weighted by atomic mass is 9.91. The number of carbonyl (C=O) groups is 1. The van der Waals surface area contributed by atoms with E-state index >= 15 is 0 Å². The Morgan fingerprint density at radius 2 is 1.88 bits per heavy atom. The number of nitriles is 1. The molecule has 0 radical (unpaired) electrons. The maximum absolute atomic E-state index is 12.0. The molecule has 0 aliphatic rings. The molecule has 0 spiro atoms. The lowest BCUT2D eigenvalue weighted by molar-refractivity contribution is 0.0937. The van der Waals surface area contributed by atoms with Crippen molar-refractivity contribution in [2.24, 2.45) is 11.8 Å². The summed E-state index contributed by atoms with van der Waals surface area (Å²) in [4.78, 5) is 12.0. The largest absolute Gasteiger partial charge is 0.293 e. The Labute approximate surface area is 96.9 Å². The van der Waals surface area contributed by atoms with Gasteiger partial charge in [0.15, 0.2) is 5.78 Å². The number of carbonyl (C=O) groups excluding carboxylic acids is 1. The van der Waals surface area contributed by atoms with E-state index in [9.17, 15) is 4.79 Å². The van der Waals surface area contributed by atoms with Gasteiger partial charge in [-0.2, -0.15) is 5.26 Å². The number of benzene rings is 1. The van der Waals surface area contributed by atoms with Crippen molar-refractivity contribution < 1.29 is 4.79 Å². The molecule has 1 atom stereocenters. The van der Waals surface area contributed by atoms with Crippen LogP contribution >= 0.6 is 0 Å². The van der Waals surface area contributed by atoms with Gasteiger partial charge in [0.2, 0.25) is 0 Å². The number of Topliss-reactive ketones (excluding diaryl/α,β-unsaturated/α-hetero) is 1. The van der Waals surface area contributed by atoms with Crippen molar-refractivity contribution in [2.75, 3.05) is 0 Å². The molecule has 1 aromatic rings. The first kappa shape index (κ1) is 12.4. The zero-order chi connectivity index (χ0) is 12.1. The standard InChI is InChI=1S/C14H17NO/c1-10(2)8-13(9-15)14(16)12-6-4-11(3)5-7-12/h4-7,10,13H,8H2,1-3H3. The molecule has 1 unspecified atom stereocenters. The van der Waals surface area contributed by atoms with Gasteiger partial charge in [-0.1, -0.05) is 43.7 Å². The van der Waals surface area contributed by atoms with Gasteiger partial charge in [-0.3, -0.25) is 4.79 Å². The molecule has 0 aromatic heterocycles. The van der Waals surface area contributed by atoms with Crippen molar-refractivity contribution in [1.29, 1.82) is 5.26 Å². The van der Waals surface area contributed by atoms with Gasteiger partial charge in [0, 0.05) is 5.56 Å². The molecule has 0 aliphatic carbocycles. The number of rotatable bonds is 4. The molecule has 0 saturated heterocycles. The summed E-state index contributed by atoms with van der Waals surface area (Å²) in [6, 6.07) is 9.48. The van der Waals surface area contributed by atoms with Gasteiger partial charge >= 0.3 is 0 Å². The molecule has 2 nitrogen and oxygen atoms in total. The third kappa shape index (κ3) is 3.20. The maximum Gasteiger partial charge on any atom is 0.179 e. The average Bonchev–Trinajstić information content (AvgIpc) is 2.25. The zero-order valence-electron chi connectivity index (χ0n) is 10.0. The molecular weight excluding hydrogens is 198 g/mol. The molecule has 0 aliphatic heterocycles. The topological polar surface area (TPSA) is 40.9 Å². The zero-order valence-corrected chi connectivity index (χ0v) is 10.0. The summed E-state index contributed by atoms with van der Waals surface area (Å²) in [6.07, 6.45) is 0.628. The average molecular weight is 215 g/mol. The third-order valence-corrected chi connectivity index (χ3v) is 2.52. The quantitative estimate of drug-likeness (QED) is 0.722. The molecule has 1 aromatic carbocycles. The van der Waals surface area contributed by atoms with Gasteiger partial charge in [-0.15, -0.1) is 0 Å². The van der Waals surface area contributed by atoms with Crippen molar-refractivity contribution in [1.82, 2.24) is 0 Å². The molecule has 2 heteroatoms. The molecule has 0 saturated carbocycles. The Hall–Kier alpha value is -1.62. The van der Waals surface area contributed by atoms with Gasteiger partial charge in [0.25, 0.3) is 0 Å². The van der Waals surface area contributed by atoms with Crippen LogP contribution in [0.2, 0.25) is 0 Å². The van der Waals surface area contributed by atoms with Crippen molar-refractivity contribution in [3.63, 3.8) is 0 Å². The van der Waals surface area contributed by atoms with E-state index in [0.29, 0.717) is 17.9 Å². The van der Waals surface area contributed by atoms with Crippen LogP contribution in [0.15, 0.2) is 24.3 Å². The van der Waals surface area contributed by atoms with Crippen LogP contribution in [-0.2, 0) is 0 Å². The van der Waals surface area contributed by atoms with E-state index in [1.54, 1.807) is 12.1 Å². The number of nitrogens with zero attached hydrogens (tertiary/aromatic N) is 1. The van der Waals surface area contributed by atoms with Crippen LogP contribution in [0.4, 0.5) is 0 Å². The summed E-state index contributed by atoms with van der Waals surface area (Å²) >= 11 is 0. The Morgan fingerprint density at radius 1 is 1.31 bits per heavy atom. The van der Waals surface area contributed by atoms with E-state index in [-0.39, 0.29) is 5.78 Å². The van der Waals surface area contributed by atoms with Crippen LogP contribution in [-0.4, -0.2) is 5.78 Å². The van der Waals surface area contributed by atoms with E-state index in [1.165, 1.54) is 0 Å². The van der Waals surface area contributed by atoms with Crippen molar-refractivity contribution >= 4 is 5.78 Å². The fourth-order valence-electron chi connectivity index (χ4n) is 1.61. The van der Waals surface area contributed by atoms with Gasteiger partial charge in [-0.05, 0) is 19.3 Å². The van der Waals surface area contributed by atoms with Gasteiger partial charge in [-0.25, -0.2) is 0 Å². The minimum atomic E-state index is -0.511. The first-order valence-electron chi connectivity index (χ1n) is 5.55. The highest BCUT2D eigenvalue weighted by Gasteiger charge is 2.20. The smallest absolute Gasteiger partial charge is 0.179 e. The van der Waals surface area contributed by atoms with Gasteiger partial charge < -0.3 is 0 Å². The highest BCUT2D eigenvalue weighted by Crippen LogP contribution is 2.17. The predicted molar refractivity (Wildman–Crippen MR) is 64.1 cm³/mol. The SMILES string of the molecule is Cc1ccc(C(=O)C(C#N)CC(C)C)cc1. The monoisotopic (exact) mass is 215 g/mol. The highest BCUT2D eigenvalue weighted by molar-refractivity contribution is 5.99. The molecular formula is C14H17NO. The Balaban J connectivity index is 2.84. The van der Waals surface area contributed by atoms with Gasteiger partial charge in [0.1, 0.15) is 5.92 Å². The minimum Gasteiger partial charge on any atom is -0.293 e. The summed E-state index contributed by atoms with van der Waals surface area (Å²) in [5, 5.41) is 8.99. The Kier molecular flexibility index (Phi) is 4.25. The van der Waals surface area contributed by atoms with Crippen molar-refractivity contribution in [3.8, 4) is 6.07 Å². The van der Waals surface area contributed by atoms with E-state index in [2.05, 4.69) is 6.07 Å². The summed E-state index contributed by atoms with van der Waals surface area (Å²) in [5.74, 6) is -0.210. The van der Waals surface area contributed by atoms with Crippen molar-refractivity contribution in [3.05, 3.63) is 35.4 Å².